The number of nitrogens with zero attached hydrogens (tertiary/aromatic N) is 4. The van der Waals surface area contributed by atoms with E-state index >= 15 is 0 Å². The summed E-state index contributed by atoms with van der Waals surface area (Å²) in [5.74, 6) is 1.24. The topological polar surface area (TPSA) is 76.2 Å². The highest BCUT2D eigenvalue weighted by Gasteiger charge is 2.04. The molecule has 4 rings (SSSR count). The van der Waals surface area contributed by atoms with Crippen LogP contribution < -0.4 is 5.43 Å². The maximum atomic E-state index is 5.71. The molecule has 0 amide bonds. The standard InChI is InChI=1S/C18H13N5OS/c1-2-6-15-13(5-1)11-20-22-18(15)23-21-12-14-8-9-17(24-14)25-16-7-3-4-10-19-16/h1-12H,(H,22,23)/b21-12+. The lowest BCUT2D eigenvalue weighted by Crippen LogP contribution is -1.96. The molecule has 4 aromatic rings. The first-order valence-corrected chi connectivity index (χ1v) is 8.38. The van der Waals surface area contributed by atoms with Crippen LogP contribution in [0, 0.1) is 0 Å². The van der Waals surface area contributed by atoms with Gasteiger partial charge in [0.1, 0.15) is 10.8 Å². The van der Waals surface area contributed by atoms with E-state index in [9.17, 15) is 0 Å². The molecule has 0 atom stereocenters. The number of hydrogen-bond donors (Lipinski definition) is 1. The Bertz CT molecular complexity index is 1010. The fourth-order valence-electron chi connectivity index (χ4n) is 2.24. The van der Waals surface area contributed by atoms with Gasteiger partial charge in [-0.25, -0.2) is 4.98 Å². The summed E-state index contributed by atoms with van der Waals surface area (Å²) >= 11 is 1.46. The van der Waals surface area contributed by atoms with Crippen LogP contribution in [-0.4, -0.2) is 21.4 Å². The molecule has 0 unspecified atom stereocenters. The number of rotatable bonds is 5. The average molecular weight is 347 g/mol. The third-order valence-corrected chi connectivity index (χ3v) is 4.25. The SMILES string of the molecule is C(=N\Nc1nncc2ccccc12)/c1ccc(Sc2ccccn2)o1. The smallest absolute Gasteiger partial charge is 0.176 e. The van der Waals surface area contributed by atoms with Crippen LogP contribution in [0.4, 0.5) is 5.82 Å². The molecule has 0 radical (unpaired) electrons. The molecule has 3 aromatic heterocycles. The lowest BCUT2D eigenvalue weighted by Gasteiger charge is -2.02. The summed E-state index contributed by atoms with van der Waals surface area (Å²) in [6.45, 7) is 0. The van der Waals surface area contributed by atoms with Gasteiger partial charge in [0.25, 0.3) is 0 Å². The van der Waals surface area contributed by atoms with E-state index in [4.69, 9.17) is 4.42 Å². The van der Waals surface area contributed by atoms with E-state index in [1.165, 1.54) is 11.8 Å². The van der Waals surface area contributed by atoms with Crippen molar-refractivity contribution in [3.05, 3.63) is 72.8 Å². The molecule has 0 aliphatic heterocycles. The number of furan rings is 1. The van der Waals surface area contributed by atoms with Gasteiger partial charge in [-0.2, -0.15) is 10.2 Å². The third-order valence-electron chi connectivity index (χ3n) is 3.38. The zero-order valence-electron chi connectivity index (χ0n) is 13.0. The molecule has 1 aromatic carbocycles. The van der Waals surface area contributed by atoms with E-state index in [2.05, 4.69) is 25.7 Å². The van der Waals surface area contributed by atoms with Crippen LogP contribution in [0.25, 0.3) is 10.8 Å². The van der Waals surface area contributed by atoms with Crippen LogP contribution in [0.5, 0.6) is 0 Å². The molecule has 0 fully saturated rings. The predicted octanol–water partition coefficient (Wildman–Crippen LogP) is 4.22. The van der Waals surface area contributed by atoms with Crippen molar-refractivity contribution >= 4 is 34.6 Å². The number of aromatic nitrogens is 3. The summed E-state index contributed by atoms with van der Waals surface area (Å²) in [6.07, 6.45) is 5.08. The van der Waals surface area contributed by atoms with Gasteiger partial charge in [-0.05, 0) is 36.0 Å². The van der Waals surface area contributed by atoms with Gasteiger partial charge in [-0.1, -0.05) is 30.3 Å². The molecular weight excluding hydrogens is 334 g/mol. The van der Waals surface area contributed by atoms with Gasteiger partial charge in [0.05, 0.1) is 12.4 Å². The Morgan fingerprint density at radius 2 is 1.96 bits per heavy atom. The monoisotopic (exact) mass is 347 g/mol. The number of fused-ring (bicyclic) bond motifs is 1. The highest BCUT2D eigenvalue weighted by molar-refractivity contribution is 7.99. The molecule has 122 valence electrons. The van der Waals surface area contributed by atoms with Crippen molar-refractivity contribution in [3.8, 4) is 0 Å². The summed E-state index contributed by atoms with van der Waals surface area (Å²) in [5.41, 5.74) is 2.91. The molecule has 7 heteroatoms. The molecule has 0 aliphatic carbocycles. The largest absolute Gasteiger partial charge is 0.448 e. The van der Waals surface area contributed by atoms with Crippen molar-refractivity contribution in [2.24, 2.45) is 5.10 Å². The van der Waals surface area contributed by atoms with Crippen LogP contribution in [0.1, 0.15) is 5.76 Å². The molecule has 1 N–H and O–H groups in total. The number of hydrogen-bond acceptors (Lipinski definition) is 7. The molecule has 0 saturated heterocycles. The van der Waals surface area contributed by atoms with Crippen molar-refractivity contribution in [2.45, 2.75) is 10.1 Å². The molecule has 3 heterocycles. The minimum atomic E-state index is 0.601. The van der Waals surface area contributed by atoms with Crippen LogP contribution in [0.2, 0.25) is 0 Å². The average Bonchev–Trinajstić information content (AvgIpc) is 3.10. The van der Waals surface area contributed by atoms with Gasteiger partial charge in [-0.3, -0.25) is 5.43 Å². The van der Waals surface area contributed by atoms with E-state index in [1.54, 1.807) is 18.6 Å². The summed E-state index contributed by atoms with van der Waals surface area (Å²) < 4.78 is 5.71. The second-order valence-electron chi connectivity index (χ2n) is 5.08. The van der Waals surface area contributed by atoms with E-state index in [0.29, 0.717) is 11.6 Å². The quantitative estimate of drug-likeness (QED) is 0.430. The molecule has 25 heavy (non-hydrogen) atoms. The Morgan fingerprint density at radius 3 is 2.88 bits per heavy atom. The number of pyridine rings is 1. The lowest BCUT2D eigenvalue weighted by molar-refractivity contribution is 0.469. The molecule has 0 aliphatic rings. The van der Waals surface area contributed by atoms with Crippen molar-refractivity contribution in [3.63, 3.8) is 0 Å². The highest BCUT2D eigenvalue weighted by atomic mass is 32.2. The Balaban J connectivity index is 1.45. The Labute approximate surface area is 148 Å². The Kier molecular flexibility index (Phi) is 4.38. The normalized spacial score (nSPS) is 11.2. The van der Waals surface area contributed by atoms with Crippen molar-refractivity contribution in [1.82, 2.24) is 15.2 Å². The fraction of sp³-hybridized carbons (Fsp3) is 0. The van der Waals surface area contributed by atoms with Gasteiger partial charge in [0, 0.05) is 17.0 Å². The number of anilines is 1. The minimum absolute atomic E-state index is 0.601. The molecular formula is C18H13N5OS. The summed E-state index contributed by atoms with van der Waals surface area (Å²) in [5, 5.41) is 15.8. The van der Waals surface area contributed by atoms with Crippen molar-refractivity contribution in [2.75, 3.05) is 5.43 Å². The second-order valence-corrected chi connectivity index (χ2v) is 6.10. The Hall–Kier alpha value is -3.19. The maximum Gasteiger partial charge on any atom is 0.176 e. The van der Waals surface area contributed by atoms with Crippen LogP contribution in [0.3, 0.4) is 0 Å². The van der Waals surface area contributed by atoms with E-state index in [0.717, 1.165) is 20.9 Å². The van der Waals surface area contributed by atoms with E-state index in [1.807, 2.05) is 54.6 Å². The fourth-order valence-corrected chi connectivity index (χ4v) is 2.98. The maximum absolute atomic E-state index is 5.71. The van der Waals surface area contributed by atoms with Crippen molar-refractivity contribution in [1.29, 1.82) is 0 Å². The van der Waals surface area contributed by atoms with Gasteiger partial charge in [0.2, 0.25) is 0 Å². The van der Waals surface area contributed by atoms with Gasteiger partial charge < -0.3 is 4.42 Å². The van der Waals surface area contributed by atoms with Crippen LogP contribution in [0.15, 0.2) is 86.6 Å². The second kappa shape index (κ2) is 7.14. The molecule has 6 nitrogen and oxygen atoms in total. The number of hydrazone groups is 1. The first-order valence-electron chi connectivity index (χ1n) is 7.57. The van der Waals surface area contributed by atoms with Crippen LogP contribution in [-0.2, 0) is 0 Å². The first-order chi connectivity index (χ1) is 12.4. The lowest BCUT2D eigenvalue weighted by atomic mass is 10.2. The summed E-state index contributed by atoms with van der Waals surface area (Å²) in [7, 11) is 0. The molecule has 0 bridgehead atoms. The molecule has 0 saturated carbocycles. The van der Waals surface area contributed by atoms with Crippen LogP contribution >= 0.6 is 11.8 Å². The van der Waals surface area contributed by atoms with E-state index < -0.39 is 0 Å². The predicted molar refractivity (Wildman–Crippen MR) is 97.8 cm³/mol. The van der Waals surface area contributed by atoms with E-state index in [-0.39, 0.29) is 0 Å². The van der Waals surface area contributed by atoms with Gasteiger partial charge >= 0.3 is 0 Å². The van der Waals surface area contributed by atoms with Gasteiger partial charge in [0.15, 0.2) is 10.9 Å². The third kappa shape index (κ3) is 3.67. The minimum Gasteiger partial charge on any atom is -0.448 e. The van der Waals surface area contributed by atoms with Gasteiger partial charge in [-0.15, -0.1) is 5.10 Å². The first kappa shape index (κ1) is 15.3. The summed E-state index contributed by atoms with van der Waals surface area (Å²) in [6, 6.07) is 17.4. The number of nitrogens with one attached hydrogen (secondary N) is 1. The summed E-state index contributed by atoms with van der Waals surface area (Å²) in [4.78, 5) is 4.26. The highest BCUT2D eigenvalue weighted by Crippen LogP contribution is 2.27. The Morgan fingerprint density at radius 1 is 1.04 bits per heavy atom. The number of benzene rings is 1. The zero-order chi connectivity index (χ0) is 16.9. The molecule has 0 spiro atoms. The zero-order valence-corrected chi connectivity index (χ0v) is 13.9. The van der Waals surface area contributed by atoms with Crippen molar-refractivity contribution < 1.29 is 4.42 Å².